The lowest BCUT2D eigenvalue weighted by molar-refractivity contribution is 0.0527. The number of carbonyl (C=O) groups excluding carboxylic acids is 1. The Bertz CT molecular complexity index is 577. The maximum Gasteiger partial charge on any atom is 0.163 e. The molecule has 0 bridgehead atoms. The third-order valence-corrected chi connectivity index (χ3v) is 6.38. The van der Waals surface area contributed by atoms with Crippen LogP contribution >= 0.6 is 0 Å². The van der Waals surface area contributed by atoms with Crippen molar-refractivity contribution in [3.63, 3.8) is 0 Å². The van der Waals surface area contributed by atoms with Gasteiger partial charge >= 0.3 is 0 Å². The van der Waals surface area contributed by atoms with Crippen molar-refractivity contribution in [2.75, 3.05) is 0 Å². The highest BCUT2D eigenvalue weighted by atomic mass is 16.3. The summed E-state index contributed by atoms with van der Waals surface area (Å²) >= 11 is 0. The van der Waals surface area contributed by atoms with E-state index >= 15 is 0 Å². The van der Waals surface area contributed by atoms with Crippen molar-refractivity contribution >= 4 is 5.78 Å². The number of carbonyl (C=O) groups is 1. The minimum atomic E-state index is 0.220. The van der Waals surface area contributed by atoms with Crippen LogP contribution in [-0.4, -0.2) is 10.9 Å². The van der Waals surface area contributed by atoms with Gasteiger partial charge in [-0.2, -0.15) is 0 Å². The van der Waals surface area contributed by atoms with Crippen LogP contribution in [0.4, 0.5) is 0 Å². The van der Waals surface area contributed by atoms with Crippen LogP contribution in [0.25, 0.3) is 0 Å². The number of Topliss-reactive ketones (excluding diaryl/α,β-unsaturated/α-hetero) is 1. The summed E-state index contributed by atoms with van der Waals surface area (Å²) in [6.45, 7) is 2.44. The largest absolute Gasteiger partial charge is 0.508 e. The predicted molar refractivity (Wildman–Crippen MR) is 78.0 cm³/mol. The number of phenols is 1. The molecule has 4 atom stereocenters. The average Bonchev–Trinajstić information content (AvgIpc) is 2.81. The Morgan fingerprint density at radius 2 is 2.10 bits per heavy atom. The maximum atomic E-state index is 12.5. The predicted octanol–water partition coefficient (Wildman–Crippen LogP) is 4.28. The molecule has 2 nitrogen and oxygen atoms in total. The summed E-state index contributed by atoms with van der Waals surface area (Å²) in [5, 5.41) is 9.64. The van der Waals surface area contributed by atoms with E-state index in [0.29, 0.717) is 23.7 Å². The molecule has 20 heavy (non-hydrogen) atoms. The molecule has 0 radical (unpaired) electrons. The zero-order chi connectivity index (χ0) is 13.9. The standard InChI is InChI=1S/C18H22O2/c1-18-7-2-3-16(18)14-10-17(20)15-9-11(19)4-5-12(15)13(14)6-8-18/h4-5,9,13-14,16,19H,2-3,6-8,10H2,1H3/t13?,14?,16?,18-/m0/s1. The van der Waals surface area contributed by atoms with Gasteiger partial charge in [0, 0.05) is 12.0 Å². The Morgan fingerprint density at radius 1 is 1.25 bits per heavy atom. The Balaban J connectivity index is 1.78. The second-order valence-corrected chi connectivity index (χ2v) is 7.36. The van der Waals surface area contributed by atoms with E-state index in [-0.39, 0.29) is 11.5 Å². The molecule has 3 aliphatic rings. The molecule has 3 aliphatic carbocycles. The molecule has 0 aromatic heterocycles. The second kappa shape index (κ2) is 4.09. The number of benzene rings is 1. The molecule has 2 saturated carbocycles. The number of ketones is 1. The van der Waals surface area contributed by atoms with Crippen molar-refractivity contribution in [3.05, 3.63) is 29.3 Å². The second-order valence-electron chi connectivity index (χ2n) is 7.36. The van der Waals surface area contributed by atoms with Gasteiger partial charge in [-0.15, -0.1) is 0 Å². The molecule has 0 aliphatic heterocycles. The molecule has 3 unspecified atom stereocenters. The summed E-state index contributed by atoms with van der Waals surface area (Å²) in [6, 6.07) is 5.42. The molecular weight excluding hydrogens is 248 g/mol. The van der Waals surface area contributed by atoms with Gasteiger partial charge in [-0.1, -0.05) is 19.4 Å². The molecule has 0 heterocycles. The normalized spacial score (nSPS) is 39.0. The van der Waals surface area contributed by atoms with Gasteiger partial charge in [0.25, 0.3) is 0 Å². The van der Waals surface area contributed by atoms with Crippen molar-refractivity contribution < 1.29 is 9.90 Å². The minimum Gasteiger partial charge on any atom is -0.508 e. The Labute approximate surface area is 120 Å². The molecule has 1 N–H and O–H groups in total. The van der Waals surface area contributed by atoms with E-state index in [9.17, 15) is 9.90 Å². The number of hydrogen-bond acceptors (Lipinski definition) is 2. The highest BCUT2D eigenvalue weighted by Gasteiger charge is 2.51. The lowest BCUT2D eigenvalue weighted by atomic mass is 9.55. The molecule has 0 spiro atoms. The van der Waals surface area contributed by atoms with Crippen LogP contribution in [-0.2, 0) is 0 Å². The van der Waals surface area contributed by atoms with Crippen molar-refractivity contribution in [1.29, 1.82) is 0 Å². The number of rotatable bonds is 0. The lowest BCUT2D eigenvalue weighted by Gasteiger charge is -2.48. The highest BCUT2D eigenvalue weighted by Crippen LogP contribution is 2.60. The summed E-state index contributed by atoms with van der Waals surface area (Å²) in [5.41, 5.74) is 2.47. The van der Waals surface area contributed by atoms with Crippen molar-refractivity contribution in [2.45, 2.75) is 51.4 Å². The first-order valence-corrected chi connectivity index (χ1v) is 7.95. The van der Waals surface area contributed by atoms with Gasteiger partial charge in [0.1, 0.15) is 5.75 Å². The van der Waals surface area contributed by atoms with Crippen LogP contribution < -0.4 is 0 Å². The van der Waals surface area contributed by atoms with E-state index in [0.717, 1.165) is 11.5 Å². The van der Waals surface area contributed by atoms with E-state index in [1.165, 1.54) is 37.7 Å². The van der Waals surface area contributed by atoms with Crippen molar-refractivity contribution in [1.82, 2.24) is 0 Å². The third-order valence-electron chi connectivity index (χ3n) is 6.38. The van der Waals surface area contributed by atoms with Crippen LogP contribution in [0.1, 0.15) is 67.3 Å². The molecule has 0 saturated heterocycles. The minimum absolute atomic E-state index is 0.220. The Hall–Kier alpha value is -1.31. The molecule has 2 fully saturated rings. The number of aromatic hydroxyl groups is 1. The maximum absolute atomic E-state index is 12.5. The fourth-order valence-electron chi connectivity index (χ4n) is 5.38. The van der Waals surface area contributed by atoms with Crippen LogP contribution in [0, 0.1) is 17.3 Å². The first-order valence-electron chi connectivity index (χ1n) is 7.95. The summed E-state index contributed by atoms with van der Waals surface area (Å²) in [4.78, 5) is 12.5. The number of hydrogen-bond donors (Lipinski definition) is 1. The fourth-order valence-corrected chi connectivity index (χ4v) is 5.38. The van der Waals surface area contributed by atoms with Gasteiger partial charge in [0.2, 0.25) is 0 Å². The summed E-state index contributed by atoms with van der Waals surface area (Å²) < 4.78 is 0. The summed E-state index contributed by atoms with van der Waals surface area (Å²) in [7, 11) is 0. The molecule has 1 aromatic rings. The quantitative estimate of drug-likeness (QED) is 0.764. The van der Waals surface area contributed by atoms with Crippen LogP contribution in [0.15, 0.2) is 18.2 Å². The molecule has 1 aromatic carbocycles. The molecule has 2 heteroatoms. The molecular formula is C18H22O2. The zero-order valence-corrected chi connectivity index (χ0v) is 12.1. The molecule has 4 rings (SSSR count). The highest BCUT2D eigenvalue weighted by molar-refractivity contribution is 5.99. The first kappa shape index (κ1) is 12.4. The molecule has 0 amide bonds. The van der Waals surface area contributed by atoms with E-state index in [1.807, 2.05) is 6.07 Å². The number of fused-ring (bicyclic) bond motifs is 5. The smallest absolute Gasteiger partial charge is 0.163 e. The monoisotopic (exact) mass is 270 g/mol. The van der Waals surface area contributed by atoms with Crippen LogP contribution in [0.5, 0.6) is 5.75 Å². The van der Waals surface area contributed by atoms with Crippen molar-refractivity contribution in [3.8, 4) is 5.75 Å². The van der Waals surface area contributed by atoms with Crippen molar-refractivity contribution in [2.24, 2.45) is 17.3 Å². The van der Waals surface area contributed by atoms with Gasteiger partial charge < -0.3 is 5.11 Å². The Morgan fingerprint density at radius 3 is 2.95 bits per heavy atom. The van der Waals surface area contributed by atoms with Gasteiger partial charge in [-0.05, 0) is 66.5 Å². The topological polar surface area (TPSA) is 37.3 Å². The summed E-state index contributed by atoms with van der Waals surface area (Å²) in [5.74, 6) is 2.28. The SMILES string of the molecule is C[C@@]12CCCC1C1CC(=O)c3cc(O)ccc3C1CC2. The number of phenolic OH excluding ortho intramolecular Hbond substituents is 1. The Kier molecular flexibility index (Phi) is 2.55. The van der Waals surface area contributed by atoms with Crippen LogP contribution in [0.2, 0.25) is 0 Å². The molecule has 106 valence electrons. The zero-order valence-electron chi connectivity index (χ0n) is 12.1. The third kappa shape index (κ3) is 1.60. The van der Waals surface area contributed by atoms with Crippen LogP contribution in [0.3, 0.4) is 0 Å². The summed E-state index contributed by atoms with van der Waals surface area (Å²) in [6.07, 6.45) is 7.19. The van der Waals surface area contributed by atoms with E-state index in [1.54, 1.807) is 12.1 Å². The van der Waals surface area contributed by atoms with E-state index in [4.69, 9.17) is 0 Å². The lowest BCUT2D eigenvalue weighted by Crippen LogP contribution is -2.41. The van der Waals surface area contributed by atoms with E-state index < -0.39 is 0 Å². The van der Waals surface area contributed by atoms with Gasteiger partial charge in [-0.25, -0.2) is 0 Å². The van der Waals surface area contributed by atoms with Gasteiger partial charge in [0.15, 0.2) is 5.78 Å². The average molecular weight is 270 g/mol. The first-order chi connectivity index (χ1) is 9.58. The fraction of sp³-hybridized carbons (Fsp3) is 0.611. The van der Waals surface area contributed by atoms with E-state index in [2.05, 4.69) is 6.92 Å². The van der Waals surface area contributed by atoms with Gasteiger partial charge in [0.05, 0.1) is 0 Å². The van der Waals surface area contributed by atoms with Gasteiger partial charge in [-0.3, -0.25) is 4.79 Å².